The Hall–Kier alpha value is -1.77. The van der Waals surface area contributed by atoms with Crippen LogP contribution in [0.3, 0.4) is 0 Å². The summed E-state index contributed by atoms with van der Waals surface area (Å²) in [5.74, 6) is -0.948. The van der Waals surface area contributed by atoms with Gasteiger partial charge in [-0.05, 0) is 46.3 Å². The van der Waals surface area contributed by atoms with Crippen molar-refractivity contribution in [2.75, 3.05) is 0 Å². The zero-order valence-corrected chi connectivity index (χ0v) is 12.0. The molecule has 0 radical (unpaired) electrons. The number of hydrogen-bond acceptors (Lipinski definition) is 3. The van der Waals surface area contributed by atoms with E-state index in [0.717, 1.165) is 4.90 Å². The van der Waals surface area contributed by atoms with Crippen LogP contribution in [0.5, 0.6) is 0 Å². The van der Waals surface area contributed by atoms with Gasteiger partial charge < -0.3 is 5.11 Å². The van der Waals surface area contributed by atoms with Crippen LogP contribution in [0.2, 0.25) is 0 Å². The molecule has 0 unspecified atom stereocenters. The van der Waals surface area contributed by atoms with Gasteiger partial charge in [-0.2, -0.15) is 5.26 Å². The zero-order valence-electron chi connectivity index (χ0n) is 9.63. The number of nitriles is 1. The molecule has 0 amide bonds. The van der Waals surface area contributed by atoms with Crippen molar-refractivity contribution in [1.29, 1.82) is 5.26 Å². The van der Waals surface area contributed by atoms with Gasteiger partial charge >= 0.3 is 5.97 Å². The third-order valence-electron chi connectivity index (χ3n) is 2.41. The second kappa shape index (κ2) is 5.91. The quantitative estimate of drug-likeness (QED) is 0.915. The Bertz CT molecular complexity index is 679. The van der Waals surface area contributed by atoms with E-state index in [1.807, 2.05) is 6.07 Å². The molecule has 0 aromatic heterocycles. The molecule has 0 spiro atoms. The number of benzene rings is 2. The minimum atomic E-state index is -0.948. The first kappa shape index (κ1) is 13.7. The highest BCUT2D eigenvalue weighted by molar-refractivity contribution is 9.10. The van der Waals surface area contributed by atoms with Gasteiger partial charge in [0, 0.05) is 14.3 Å². The molecule has 0 bridgehead atoms. The number of carboxylic acids is 1. The number of halogens is 1. The summed E-state index contributed by atoms with van der Waals surface area (Å²) in [7, 11) is 0. The van der Waals surface area contributed by atoms with E-state index in [1.54, 1.807) is 36.4 Å². The molecule has 5 heteroatoms. The van der Waals surface area contributed by atoms with Gasteiger partial charge in [0.25, 0.3) is 0 Å². The summed E-state index contributed by atoms with van der Waals surface area (Å²) in [6, 6.07) is 14.2. The molecule has 0 heterocycles. The summed E-state index contributed by atoms with van der Waals surface area (Å²) in [6.45, 7) is 0. The third-order valence-corrected chi connectivity index (χ3v) is 4.13. The number of nitrogens with zero attached hydrogens (tertiary/aromatic N) is 1. The van der Waals surface area contributed by atoms with E-state index in [1.165, 1.54) is 11.8 Å². The van der Waals surface area contributed by atoms with Crippen molar-refractivity contribution in [2.24, 2.45) is 0 Å². The van der Waals surface area contributed by atoms with Crippen molar-refractivity contribution in [3.05, 3.63) is 58.1 Å². The predicted octanol–water partition coefficient (Wildman–Crippen LogP) is 4.17. The van der Waals surface area contributed by atoms with Gasteiger partial charge in [0.1, 0.15) is 6.07 Å². The van der Waals surface area contributed by atoms with Crippen molar-refractivity contribution in [3.8, 4) is 6.07 Å². The Morgan fingerprint density at radius 2 is 2.00 bits per heavy atom. The molecule has 3 nitrogen and oxygen atoms in total. The number of carbonyl (C=O) groups is 1. The van der Waals surface area contributed by atoms with Gasteiger partial charge in [0.15, 0.2) is 0 Å². The van der Waals surface area contributed by atoms with Gasteiger partial charge in [0.2, 0.25) is 0 Å². The van der Waals surface area contributed by atoms with Crippen molar-refractivity contribution in [1.82, 2.24) is 0 Å². The van der Waals surface area contributed by atoms with Gasteiger partial charge in [-0.3, -0.25) is 0 Å². The topological polar surface area (TPSA) is 61.1 Å². The largest absolute Gasteiger partial charge is 0.478 e. The normalized spacial score (nSPS) is 9.89. The summed E-state index contributed by atoms with van der Waals surface area (Å²) in [4.78, 5) is 12.7. The summed E-state index contributed by atoms with van der Waals surface area (Å²) >= 11 is 4.67. The number of hydrogen-bond donors (Lipinski definition) is 1. The Balaban J connectivity index is 2.34. The molecule has 19 heavy (non-hydrogen) atoms. The molecule has 2 aromatic carbocycles. The maximum atomic E-state index is 11.1. The van der Waals surface area contributed by atoms with Crippen LogP contribution in [0, 0.1) is 11.3 Å². The van der Waals surface area contributed by atoms with E-state index in [4.69, 9.17) is 10.4 Å². The van der Waals surface area contributed by atoms with E-state index < -0.39 is 5.97 Å². The minimum Gasteiger partial charge on any atom is -0.478 e. The van der Waals surface area contributed by atoms with E-state index >= 15 is 0 Å². The molecule has 0 aliphatic carbocycles. The summed E-state index contributed by atoms with van der Waals surface area (Å²) < 4.78 is 0.702. The van der Waals surface area contributed by atoms with Crippen molar-refractivity contribution in [2.45, 2.75) is 9.79 Å². The first-order chi connectivity index (χ1) is 9.11. The molecule has 2 aromatic rings. The lowest BCUT2D eigenvalue weighted by Crippen LogP contribution is -1.97. The molecule has 0 fully saturated rings. The Kier molecular flexibility index (Phi) is 4.25. The number of carboxylic acid groups (broad SMARTS) is 1. The van der Waals surface area contributed by atoms with Gasteiger partial charge in [-0.15, -0.1) is 0 Å². The fraction of sp³-hybridized carbons (Fsp3) is 0. The highest BCUT2D eigenvalue weighted by Crippen LogP contribution is 2.32. The van der Waals surface area contributed by atoms with E-state index in [9.17, 15) is 4.79 Å². The van der Waals surface area contributed by atoms with Crippen LogP contribution in [0.4, 0.5) is 0 Å². The van der Waals surface area contributed by atoms with Crippen LogP contribution in [0.1, 0.15) is 15.9 Å². The lowest BCUT2D eigenvalue weighted by Gasteiger charge is -2.06. The van der Waals surface area contributed by atoms with Crippen LogP contribution in [0.25, 0.3) is 0 Å². The fourth-order valence-corrected chi connectivity index (χ4v) is 3.11. The molecular weight excluding hydrogens is 326 g/mol. The molecule has 0 aliphatic rings. The van der Waals surface area contributed by atoms with Crippen molar-refractivity contribution < 1.29 is 9.90 Å². The molecule has 0 aliphatic heterocycles. The van der Waals surface area contributed by atoms with Crippen LogP contribution >= 0.6 is 27.7 Å². The van der Waals surface area contributed by atoms with Gasteiger partial charge in [-0.25, -0.2) is 4.79 Å². The third kappa shape index (κ3) is 3.16. The standard InChI is InChI=1S/C14H8BrNO2S/c15-12-7-10(6-5-9(12)8-16)19-13-4-2-1-3-11(13)14(17)18/h1-7H,(H,17,18). The molecule has 1 N–H and O–H groups in total. The van der Waals surface area contributed by atoms with Crippen LogP contribution in [0.15, 0.2) is 56.7 Å². The maximum absolute atomic E-state index is 11.1. The van der Waals surface area contributed by atoms with Crippen LogP contribution in [-0.4, -0.2) is 11.1 Å². The summed E-state index contributed by atoms with van der Waals surface area (Å²) in [5, 5.41) is 18.0. The van der Waals surface area contributed by atoms with Crippen molar-refractivity contribution >= 4 is 33.7 Å². The van der Waals surface area contributed by atoms with Crippen molar-refractivity contribution in [3.63, 3.8) is 0 Å². The van der Waals surface area contributed by atoms with Crippen LogP contribution in [-0.2, 0) is 0 Å². The number of aromatic carboxylic acids is 1. The maximum Gasteiger partial charge on any atom is 0.336 e. The van der Waals surface area contributed by atoms with E-state index in [0.29, 0.717) is 14.9 Å². The Morgan fingerprint density at radius 1 is 1.26 bits per heavy atom. The lowest BCUT2D eigenvalue weighted by molar-refractivity contribution is 0.0693. The highest BCUT2D eigenvalue weighted by atomic mass is 79.9. The van der Waals surface area contributed by atoms with E-state index in [-0.39, 0.29) is 5.56 Å². The minimum absolute atomic E-state index is 0.271. The average Bonchev–Trinajstić information content (AvgIpc) is 2.39. The van der Waals surface area contributed by atoms with Gasteiger partial charge in [0.05, 0.1) is 11.1 Å². The first-order valence-electron chi connectivity index (χ1n) is 5.31. The second-order valence-electron chi connectivity index (χ2n) is 3.66. The molecule has 0 atom stereocenters. The highest BCUT2D eigenvalue weighted by Gasteiger charge is 2.10. The smallest absolute Gasteiger partial charge is 0.336 e. The average molecular weight is 334 g/mol. The lowest BCUT2D eigenvalue weighted by atomic mass is 10.2. The number of rotatable bonds is 3. The fourth-order valence-electron chi connectivity index (χ4n) is 1.51. The molecule has 2 rings (SSSR count). The van der Waals surface area contributed by atoms with Gasteiger partial charge in [-0.1, -0.05) is 23.9 Å². The second-order valence-corrected chi connectivity index (χ2v) is 5.63. The Morgan fingerprint density at radius 3 is 2.63 bits per heavy atom. The molecule has 0 saturated carbocycles. The summed E-state index contributed by atoms with van der Waals surface area (Å²) in [6.07, 6.45) is 0. The molecule has 94 valence electrons. The van der Waals surface area contributed by atoms with E-state index in [2.05, 4.69) is 22.0 Å². The van der Waals surface area contributed by atoms with Crippen LogP contribution < -0.4 is 0 Å². The Labute approximate surface area is 123 Å². The molecular formula is C14H8BrNO2S. The predicted molar refractivity (Wildman–Crippen MR) is 76.4 cm³/mol. The zero-order chi connectivity index (χ0) is 13.8. The summed E-state index contributed by atoms with van der Waals surface area (Å²) in [5.41, 5.74) is 0.823. The first-order valence-corrected chi connectivity index (χ1v) is 6.92. The molecule has 0 saturated heterocycles. The monoisotopic (exact) mass is 333 g/mol. The SMILES string of the molecule is N#Cc1ccc(Sc2ccccc2C(=O)O)cc1Br.